The predicted molar refractivity (Wildman–Crippen MR) is 88.0 cm³/mol. The fraction of sp³-hybridized carbons (Fsp3) is 0.389. The van der Waals surface area contributed by atoms with Crippen LogP contribution in [0.25, 0.3) is 0 Å². The third-order valence-corrected chi connectivity index (χ3v) is 3.87. The number of hydrogen-bond donors (Lipinski definition) is 1. The molecule has 1 aliphatic heterocycles. The van der Waals surface area contributed by atoms with Gasteiger partial charge in [-0.2, -0.15) is 0 Å². The maximum Gasteiger partial charge on any atom is 0.0643 e. The molecule has 0 aliphatic carbocycles. The Hall–Kier alpha value is -1.87. The van der Waals surface area contributed by atoms with E-state index >= 15 is 0 Å². The largest absolute Gasteiger partial charge is 0.339 e. The van der Waals surface area contributed by atoms with Crippen LogP contribution in [-0.4, -0.2) is 17.1 Å². The van der Waals surface area contributed by atoms with E-state index in [9.17, 15) is 0 Å². The van der Waals surface area contributed by atoms with Gasteiger partial charge in [-0.1, -0.05) is 18.2 Å². The van der Waals surface area contributed by atoms with Crippen LogP contribution in [0.15, 0.2) is 42.7 Å². The Bertz CT molecular complexity index is 628. The molecule has 1 aromatic carbocycles. The van der Waals surface area contributed by atoms with Gasteiger partial charge >= 0.3 is 0 Å². The van der Waals surface area contributed by atoms with Crippen LogP contribution in [0.5, 0.6) is 0 Å². The SMILES string of the molecule is CC(C)(C)NCc1ccncc1N1CCc2ccccc21. The Balaban J connectivity index is 1.90. The molecular formula is C18H23N3. The normalized spacial score (nSPS) is 14.3. The molecule has 0 fully saturated rings. The molecule has 0 unspecified atom stereocenters. The quantitative estimate of drug-likeness (QED) is 0.930. The molecule has 0 radical (unpaired) electrons. The third kappa shape index (κ3) is 3.08. The highest BCUT2D eigenvalue weighted by Gasteiger charge is 2.22. The van der Waals surface area contributed by atoms with Crippen LogP contribution in [0.4, 0.5) is 11.4 Å². The van der Waals surface area contributed by atoms with E-state index < -0.39 is 0 Å². The smallest absolute Gasteiger partial charge is 0.0643 e. The van der Waals surface area contributed by atoms with Crippen LogP contribution in [0.1, 0.15) is 31.9 Å². The average molecular weight is 281 g/mol. The summed E-state index contributed by atoms with van der Waals surface area (Å²) in [7, 11) is 0. The zero-order chi connectivity index (χ0) is 14.9. The van der Waals surface area contributed by atoms with Crippen LogP contribution < -0.4 is 10.2 Å². The Morgan fingerprint density at radius 1 is 1.14 bits per heavy atom. The number of pyridine rings is 1. The second-order valence-electron chi connectivity index (χ2n) is 6.64. The van der Waals surface area contributed by atoms with Gasteiger partial charge in [0.05, 0.1) is 11.9 Å². The summed E-state index contributed by atoms with van der Waals surface area (Å²) < 4.78 is 0. The third-order valence-electron chi connectivity index (χ3n) is 3.87. The van der Waals surface area contributed by atoms with Crippen molar-refractivity contribution in [2.75, 3.05) is 11.4 Å². The summed E-state index contributed by atoms with van der Waals surface area (Å²) in [6.45, 7) is 8.48. The predicted octanol–water partition coefficient (Wildman–Crippen LogP) is 3.66. The number of nitrogens with zero attached hydrogens (tertiary/aromatic N) is 2. The molecule has 1 N–H and O–H groups in total. The van der Waals surface area contributed by atoms with E-state index in [4.69, 9.17) is 0 Å². The molecule has 0 spiro atoms. The average Bonchev–Trinajstić information content (AvgIpc) is 2.88. The van der Waals surface area contributed by atoms with Crippen molar-refractivity contribution in [2.24, 2.45) is 0 Å². The summed E-state index contributed by atoms with van der Waals surface area (Å²) in [5, 5.41) is 3.57. The molecule has 110 valence electrons. The van der Waals surface area contributed by atoms with Crippen molar-refractivity contribution in [3.05, 3.63) is 53.9 Å². The highest BCUT2D eigenvalue weighted by Crippen LogP contribution is 2.35. The van der Waals surface area contributed by atoms with Crippen LogP contribution in [-0.2, 0) is 13.0 Å². The van der Waals surface area contributed by atoms with Gasteiger partial charge in [-0.3, -0.25) is 4.98 Å². The molecule has 2 aromatic rings. The van der Waals surface area contributed by atoms with Crippen molar-refractivity contribution in [2.45, 2.75) is 39.3 Å². The molecular weight excluding hydrogens is 258 g/mol. The van der Waals surface area contributed by atoms with Crippen molar-refractivity contribution >= 4 is 11.4 Å². The van der Waals surface area contributed by atoms with E-state index in [0.717, 1.165) is 19.5 Å². The number of rotatable bonds is 3. The fourth-order valence-electron chi connectivity index (χ4n) is 2.76. The summed E-state index contributed by atoms with van der Waals surface area (Å²) in [4.78, 5) is 6.73. The molecule has 2 heterocycles. The molecule has 0 atom stereocenters. The number of benzene rings is 1. The van der Waals surface area contributed by atoms with Gasteiger partial charge in [-0.25, -0.2) is 0 Å². The number of fused-ring (bicyclic) bond motifs is 1. The van der Waals surface area contributed by atoms with E-state index in [0.29, 0.717) is 0 Å². The highest BCUT2D eigenvalue weighted by atomic mass is 15.2. The number of nitrogens with one attached hydrogen (secondary N) is 1. The summed E-state index contributed by atoms with van der Waals surface area (Å²) in [6.07, 6.45) is 4.98. The first-order chi connectivity index (χ1) is 10.0. The fourth-order valence-corrected chi connectivity index (χ4v) is 2.76. The maximum atomic E-state index is 4.34. The summed E-state index contributed by atoms with van der Waals surface area (Å²) in [5.74, 6) is 0. The van der Waals surface area contributed by atoms with Crippen LogP contribution in [0.2, 0.25) is 0 Å². The topological polar surface area (TPSA) is 28.2 Å². The molecule has 1 aromatic heterocycles. The van der Waals surface area contributed by atoms with Crippen LogP contribution >= 0.6 is 0 Å². The van der Waals surface area contributed by atoms with E-state index in [2.05, 4.69) is 66.3 Å². The summed E-state index contributed by atoms with van der Waals surface area (Å²) in [5.41, 5.74) is 5.39. The molecule has 0 saturated heterocycles. The first-order valence-corrected chi connectivity index (χ1v) is 7.58. The Labute approximate surface area is 127 Å². The van der Waals surface area contributed by atoms with E-state index in [1.807, 2.05) is 12.4 Å². The summed E-state index contributed by atoms with van der Waals surface area (Å²) in [6, 6.07) is 10.8. The van der Waals surface area contributed by atoms with Crippen molar-refractivity contribution in [1.29, 1.82) is 0 Å². The van der Waals surface area contributed by atoms with E-state index in [-0.39, 0.29) is 5.54 Å². The van der Waals surface area contributed by atoms with Gasteiger partial charge in [-0.15, -0.1) is 0 Å². The van der Waals surface area contributed by atoms with Gasteiger partial charge in [0.15, 0.2) is 0 Å². The maximum absolute atomic E-state index is 4.34. The van der Waals surface area contributed by atoms with Gasteiger partial charge in [-0.05, 0) is 50.5 Å². The van der Waals surface area contributed by atoms with Gasteiger partial charge in [0.25, 0.3) is 0 Å². The highest BCUT2D eigenvalue weighted by molar-refractivity contribution is 5.71. The Kier molecular flexibility index (Phi) is 3.68. The molecule has 1 aliphatic rings. The molecule has 0 bridgehead atoms. The van der Waals surface area contributed by atoms with Crippen molar-refractivity contribution in [3.63, 3.8) is 0 Å². The minimum absolute atomic E-state index is 0.115. The first kappa shape index (κ1) is 14.1. The Morgan fingerprint density at radius 2 is 1.95 bits per heavy atom. The van der Waals surface area contributed by atoms with Crippen molar-refractivity contribution in [1.82, 2.24) is 10.3 Å². The van der Waals surface area contributed by atoms with E-state index in [1.54, 1.807) is 0 Å². The second kappa shape index (κ2) is 5.49. The monoisotopic (exact) mass is 281 g/mol. The lowest BCUT2D eigenvalue weighted by molar-refractivity contribution is 0.424. The van der Waals surface area contributed by atoms with E-state index in [1.165, 1.54) is 22.5 Å². The van der Waals surface area contributed by atoms with Crippen molar-refractivity contribution < 1.29 is 0 Å². The molecule has 3 rings (SSSR count). The number of anilines is 2. The minimum Gasteiger partial charge on any atom is -0.339 e. The lowest BCUT2D eigenvalue weighted by Gasteiger charge is -2.25. The number of aromatic nitrogens is 1. The molecule has 21 heavy (non-hydrogen) atoms. The van der Waals surface area contributed by atoms with Gasteiger partial charge in [0.1, 0.15) is 0 Å². The van der Waals surface area contributed by atoms with Gasteiger partial charge in [0, 0.05) is 30.5 Å². The van der Waals surface area contributed by atoms with Gasteiger partial charge in [0.2, 0.25) is 0 Å². The lowest BCUT2D eigenvalue weighted by Crippen LogP contribution is -2.35. The molecule has 3 nitrogen and oxygen atoms in total. The zero-order valence-electron chi connectivity index (χ0n) is 13.1. The molecule has 0 amide bonds. The van der Waals surface area contributed by atoms with Crippen LogP contribution in [0, 0.1) is 0 Å². The summed E-state index contributed by atoms with van der Waals surface area (Å²) >= 11 is 0. The number of para-hydroxylation sites is 1. The minimum atomic E-state index is 0.115. The Morgan fingerprint density at radius 3 is 2.76 bits per heavy atom. The lowest BCUT2D eigenvalue weighted by atomic mass is 10.1. The molecule has 3 heteroatoms. The second-order valence-corrected chi connectivity index (χ2v) is 6.64. The first-order valence-electron chi connectivity index (χ1n) is 7.58. The van der Waals surface area contributed by atoms with Crippen molar-refractivity contribution in [3.8, 4) is 0 Å². The van der Waals surface area contributed by atoms with Gasteiger partial charge < -0.3 is 10.2 Å². The zero-order valence-corrected chi connectivity index (χ0v) is 13.1. The molecule has 0 saturated carbocycles. The standard InChI is InChI=1S/C18H23N3/c1-18(2,3)20-12-15-8-10-19-13-17(15)21-11-9-14-6-4-5-7-16(14)21/h4-8,10,13,20H,9,11-12H2,1-3H3. The van der Waals surface area contributed by atoms with Crippen LogP contribution in [0.3, 0.4) is 0 Å². The number of hydrogen-bond acceptors (Lipinski definition) is 3.